The van der Waals surface area contributed by atoms with Crippen LogP contribution in [0.2, 0.25) is 0 Å². The summed E-state index contributed by atoms with van der Waals surface area (Å²) in [4.78, 5) is 31.2. The third-order valence-corrected chi connectivity index (χ3v) is 15.0. The third-order valence-electron chi connectivity index (χ3n) is 12.1. The van der Waals surface area contributed by atoms with Gasteiger partial charge in [-0.25, -0.2) is 27.7 Å². The average Bonchev–Trinajstić information content (AvgIpc) is 3.99. The Bertz CT molecular complexity index is 3010. The van der Waals surface area contributed by atoms with E-state index in [9.17, 15) is 14.7 Å². The molecule has 0 unspecified atom stereocenters. The molecule has 1 fully saturated rings. The van der Waals surface area contributed by atoms with Crippen LogP contribution in [0.25, 0.3) is 32.7 Å². The highest BCUT2D eigenvalue weighted by molar-refractivity contribution is 7.89. The Kier molecular flexibility index (Phi) is 15.0. The number of tetrazole rings is 1. The Hall–Kier alpha value is -7.09. The number of thiazole rings is 1. The van der Waals surface area contributed by atoms with Crippen molar-refractivity contribution in [1.29, 1.82) is 0 Å². The quantitative estimate of drug-likeness (QED) is 0.0874. The number of likely N-dealkylation sites (tertiary alicyclic amines) is 1. The number of amides is 2. The number of hydrogen-bond acceptors (Lipinski definition) is 13. The molecule has 2 N–H and O–H groups in total. The van der Waals surface area contributed by atoms with Crippen LogP contribution in [0, 0.1) is 5.92 Å². The van der Waals surface area contributed by atoms with Gasteiger partial charge in [0.25, 0.3) is 0 Å². The number of piperidine rings is 1. The van der Waals surface area contributed by atoms with Crippen LogP contribution in [0.3, 0.4) is 0 Å². The van der Waals surface area contributed by atoms with Crippen LogP contribution in [-0.4, -0.2) is 100 Å². The van der Waals surface area contributed by atoms with Crippen molar-refractivity contribution in [3.63, 3.8) is 0 Å². The van der Waals surface area contributed by atoms with Crippen molar-refractivity contribution < 1.29 is 42.1 Å². The number of nitrogens with one attached hydrogen (secondary N) is 1. The molecule has 0 atom stereocenters. The molecule has 19 heteroatoms. The minimum atomic E-state index is -4.53. The van der Waals surface area contributed by atoms with E-state index in [0.717, 1.165) is 21.4 Å². The number of rotatable bonds is 17. The predicted molar refractivity (Wildman–Crippen MR) is 267 cm³/mol. The van der Waals surface area contributed by atoms with Gasteiger partial charge in [0.05, 0.1) is 43.0 Å². The zero-order valence-corrected chi connectivity index (χ0v) is 41.5. The minimum absolute atomic E-state index is 0.00668. The first-order valence-corrected chi connectivity index (χ1v) is 25.1. The summed E-state index contributed by atoms with van der Waals surface area (Å²) in [6, 6.07) is 31.4. The molecule has 1 saturated heterocycles. The third kappa shape index (κ3) is 11.5. The van der Waals surface area contributed by atoms with Crippen molar-refractivity contribution in [3.8, 4) is 39.8 Å². The fourth-order valence-electron chi connectivity index (χ4n) is 8.56. The monoisotopic (exact) mass is 988 g/mol. The molecule has 2 aromatic heterocycles. The van der Waals surface area contributed by atoms with Gasteiger partial charge < -0.3 is 29.0 Å². The van der Waals surface area contributed by atoms with Gasteiger partial charge in [-0.05, 0) is 133 Å². The molecule has 0 radical (unpaired) electrons. The summed E-state index contributed by atoms with van der Waals surface area (Å²) in [7, 11) is 0.216. The Morgan fingerprint density at radius 3 is 1.94 bits per heavy atom. The molecule has 17 nitrogen and oxygen atoms in total. The van der Waals surface area contributed by atoms with Gasteiger partial charge >= 0.3 is 12.2 Å². The first-order chi connectivity index (χ1) is 33.6. The van der Waals surface area contributed by atoms with E-state index in [-0.39, 0.29) is 41.8 Å². The van der Waals surface area contributed by atoms with Gasteiger partial charge in [0, 0.05) is 37.3 Å². The van der Waals surface area contributed by atoms with E-state index in [2.05, 4.69) is 20.8 Å². The fourth-order valence-corrected chi connectivity index (χ4v) is 11.3. The lowest BCUT2D eigenvalue weighted by Gasteiger charge is -2.30. The lowest BCUT2D eigenvalue weighted by atomic mass is 9.89. The number of aromatic nitrogens is 5. The minimum Gasteiger partial charge on any atom is -0.497 e. The first kappa shape index (κ1) is 49.3. The number of aryl methyl sites for hydroxylation is 1. The van der Waals surface area contributed by atoms with Crippen LogP contribution in [0.1, 0.15) is 62.3 Å². The zero-order valence-electron chi connectivity index (χ0n) is 39.9. The number of hydrogen-bond donors (Lipinski definition) is 2. The van der Waals surface area contributed by atoms with Gasteiger partial charge in [-0.2, -0.15) is 4.31 Å². The van der Waals surface area contributed by atoms with Crippen molar-refractivity contribution in [3.05, 3.63) is 125 Å². The van der Waals surface area contributed by atoms with Gasteiger partial charge in [-0.1, -0.05) is 72.0 Å². The van der Waals surface area contributed by atoms with Crippen molar-refractivity contribution >= 4 is 48.9 Å². The summed E-state index contributed by atoms with van der Waals surface area (Å²) in [5.41, 5.74) is 3.96. The van der Waals surface area contributed by atoms with E-state index in [1.54, 1.807) is 71.0 Å². The molecule has 0 saturated carbocycles. The number of nitrogens with zero attached hydrogens (tertiary/aromatic N) is 7. The Morgan fingerprint density at radius 2 is 1.39 bits per heavy atom. The van der Waals surface area contributed by atoms with Gasteiger partial charge in [0.1, 0.15) is 22.8 Å². The standard InChI is InChI=1S/C51H56N8O9S2/c1-51(2,3)68-49(60)53-48-52-45-42(8-7-9-43(45)69-48)41-25-18-37(17-10-33-26-28-57(29-27-33)50(61)62)46(44(41)47-54-55-56-59(47)32-36-15-23-40(67-6)24-16-36)70(63,64)58(30-34-11-19-38(65-4)20-12-34)31-35-13-21-39(66-5)22-14-35/h7-9,11-16,18-25,33H,10,17,26-32H2,1-6H3,(H,61,62)(H,52,53,60). The molecule has 0 aliphatic carbocycles. The summed E-state index contributed by atoms with van der Waals surface area (Å²) < 4.78 is 58.4. The smallest absolute Gasteiger partial charge is 0.413 e. The van der Waals surface area contributed by atoms with Crippen LogP contribution in [0.4, 0.5) is 14.7 Å². The molecule has 0 spiro atoms. The van der Waals surface area contributed by atoms with Gasteiger partial charge in [0.15, 0.2) is 11.0 Å². The molecular formula is C51H56N8O9S2. The van der Waals surface area contributed by atoms with Gasteiger partial charge in [-0.15, -0.1) is 5.10 Å². The number of carbonyl (C=O) groups is 2. The lowest BCUT2D eigenvalue weighted by Crippen LogP contribution is -2.37. The molecule has 366 valence electrons. The molecule has 8 rings (SSSR count). The SMILES string of the molecule is COc1ccc(CN(Cc2ccc(OC)cc2)S(=O)(=O)c2c(CCC3CCN(C(=O)O)CC3)ccc(-c3cccc4sc(NC(=O)OC(C)(C)C)nc34)c2-c2nnnn2Cc2ccc(OC)cc2)cc1. The second-order valence-corrected chi connectivity index (χ2v) is 20.9. The van der Waals surface area contributed by atoms with Crippen molar-refractivity contribution in [2.45, 2.75) is 76.6 Å². The Balaban J connectivity index is 1.35. The van der Waals surface area contributed by atoms with E-state index in [1.165, 1.54) is 20.5 Å². The van der Waals surface area contributed by atoms with Crippen LogP contribution in [0.15, 0.2) is 108 Å². The number of methoxy groups -OCH3 is 3. The van der Waals surface area contributed by atoms with Crippen LogP contribution in [0.5, 0.6) is 17.2 Å². The molecule has 2 amide bonds. The van der Waals surface area contributed by atoms with E-state index >= 15 is 8.42 Å². The number of benzene rings is 5. The fraction of sp³-hybridized carbons (Fsp3) is 0.333. The summed E-state index contributed by atoms with van der Waals surface area (Å²) in [5, 5.41) is 26.0. The maximum Gasteiger partial charge on any atom is 0.413 e. The van der Waals surface area contributed by atoms with E-state index in [4.69, 9.17) is 23.9 Å². The van der Waals surface area contributed by atoms with E-state index in [0.29, 0.717) is 83.4 Å². The molecule has 1 aliphatic heterocycles. The predicted octanol–water partition coefficient (Wildman–Crippen LogP) is 9.75. The molecular weight excluding hydrogens is 933 g/mol. The first-order valence-electron chi connectivity index (χ1n) is 22.8. The number of fused-ring (bicyclic) bond motifs is 1. The van der Waals surface area contributed by atoms with E-state index < -0.39 is 27.8 Å². The maximum absolute atomic E-state index is 16.4. The van der Waals surface area contributed by atoms with Crippen LogP contribution >= 0.6 is 11.3 Å². The highest BCUT2D eigenvalue weighted by atomic mass is 32.2. The summed E-state index contributed by atoms with van der Waals surface area (Å²) in [6.45, 7) is 6.30. The molecule has 5 aromatic carbocycles. The maximum atomic E-state index is 16.4. The zero-order chi connectivity index (χ0) is 49.6. The highest BCUT2D eigenvalue weighted by Crippen LogP contribution is 2.44. The normalized spacial score (nSPS) is 13.4. The van der Waals surface area contributed by atoms with Crippen molar-refractivity contribution in [1.82, 2.24) is 34.4 Å². The largest absolute Gasteiger partial charge is 0.497 e. The van der Waals surface area contributed by atoms with Crippen LogP contribution in [-0.2, 0) is 40.8 Å². The molecule has 70 heavy (non-hydrogen) atoms. The highest BCUT2D eigenvalue weighted by Gasteiger charge is 2.36. The second kappa shape index (κ2) is 21.3. The van der Waals surface area contributed by atoms with E-state index in [1.807, 2.05) is 78.9 Å². The molecule has 1 aliphatic rings. The van der Waals surface area contributed by atoms with Crippen molar-refractivity contribution in [2.24, 2.45) is 5.92 Å². The number of para-hydroxylation sites is 1. The summed E-state index contributed by atoms with van der Waals surface area (Å²) >= 11 is 1.26. The number of carboxylic acid groups (broad SMARTS) is 1. The molecule has 7 aromatic rings. The molecule has 0 bridgehead atoms. The number of sulfonamides is 1. The average molecular weight is 989 g/mol. The Morgan fingerprint density at radius 1 is 0.800 bits per heavy atom. The van der Waals surface area contributed by atoms with Gasteiger partial charge in [0.2, 0.25) is 10.0 Å². The van der Waals surface area contributed by atoms with Crippen molar-refractivity contribution in [2.75, 3.05) is 39.7 Å². The molecule has 3 heterocycles. The lowest BCUT2D eigenvalue weighted by molar-refractivity contribution is 0.0635. The number of carbonyl (C=O) groups excluding carboxylic acids is 1. The van der Waals surface area contributed by atoms with Gasteiger partial charge in [-0.3, -0.25) is 5.32 Å². The van der Waals surface area contributed by atoms with Crippen LogP contribution < -0.4 is 19.5 Å². The second-order valence-electron chi connectivity index (χ2n) is 18.0. The number of anilines is 1. The topological polar surface area (TPSA) is 200 Å². The summed E-state index contributed by atoms with van der Waals surface area (Å²) in [5.74, 6) is 2.27. The summed E-state index contributed by atoms with van der Waals surface area (Å²) in [6.07, 6.45) is 0.633. The number of ether oxygens (including phenoxy) is 4. The Labute approximate surface area is 411 Å².